The molecule has 1 N–H and O–H groups in total. The Morgan fingerprint density at radius 3 is 2.43 bits per heavy atom. The van der Waals surface area contributed by atoms with Crippen LogP contribution in [0.5, 0.6) is 17.5 Å². The number of pyridine rings is 1. The van der Waals surface area contributed by atoms with Crippen molar-refractivity contribution in [3.8, 4) is 28.6 Å². The molecule has 0 fully saturated rings. The largest absolute Gasteiger partial charge is 0.494 e. The van der Waals surface area contributed by atoms with Gasteiger partial charge in [-0.3, -0.25) is 0 Å². The highest BCUT2D eigenvalue weighted by Crippen LogP contribution is 2.36. The van der Waals surface area contributed by atoms with Gasteiger partial charge in [-0.2, -0.15) is 4.98 Å². The molecule has 0 saturated carbocycles. The van der Waals surface area contributed by atoms with Crippen LogP contribution in [0.25, 0.3) is 22.2 Å². The van der Waals surface area contributed by atoms with E-state index in [0.717, 1.165) is 27.9 Å². The average Bonchev–Trinajstić information content (AvgIpc) is 3.03. The lowest BCUT2D eigenvalue weighted by molar-refractivity contribution is 0.366. The van der Waals surface area contributed by atoms with E-state index >= 15 is 0 Å². The number of aromatic amines is 1. The van der Waals surface area contributed by atoms with Gasteiger partial charge in [-0.05, 0) is 18.2 Å². The highest BCUT2D eigenvalue weighted by atomic mass is 16.5. The van der Waals surface area contributed by atoms with Gasteiger partial charge >= 0.3 is 0 Å². The molecule has 3 aromatic rings. The molecule has 21 heavy (non-hydrogen) atoms. The standard InChI is InChI=1S/C15H15N3O3/c1-19-11-6-4-9(13-14(11)17-8-16-13)10-5-7-12(20-2)18-15(10)21-3/h4-8H,1-3H3,(H,16,17). The number of H-pyrrole nitrogens is 1. The molecular formula is C15H15N3O3. The Balaban J connectivity index is 2.23. The molecule has 108 valence electrons. The van der Waals surface area contributed by atoms with Crippen LogP contribution in [0.1, 0.15) is 0 Å². The minimum absolute atomic E-state index is 0.490. The van der Waals surface area contributed by atoms with Gasteiger partial charge in [-0.25, -0.2) is 4.98 Å². The topological polar surface area (TPSA) is 69.3 Å². The van der Waals surface area contributed by atoms with Crippen LogP contribution in [-0.4, -0.2) is 36.3 Å². The van der Waals surface area contributed by atoms with E-state index in [2.05, 4.69) is 15.0 Å². The van der Waals surface area contributed by atoms with Crippen LogP contribution in [0.2, 0.25) is 0 Å². The monoisotopic (exact) mass is 285 g/mol. The number of benzene rings is 1. The molecule has 0 bridgehead atoms. The second-order valence-electron chi connectivity index (χ2n) is 4.35. The lowest BCUT2D eigenvalue weighted by Gasteiger charge is -2.11. The lowest BCUT2D eigenvalue weighted by Crippen LogP contribution is -1.95. The van der Waals surface area contributed by atoms with Crippen LogP contribution in [-0.2, 0) is 0 Å². The van der Waals surface area contributed by atoms with Crippen molar-refractivity contribution in [1.82, 2.24) is 15.0 Å². The van der Waals surface area contributed by atoms with Gasteiger partial charge in [0, 0.05) is 17.2 Å². The van der Waals surface area contributed by atoms with E-state index < -0.39 is 0 Å². The van der Waals surface area contributed by atoms with Crippen molar-refractivity contribution in [2.75, 3.05) is 21.3 Å². The molecule has 0 aliphatic carbocycles. The Morgan fingerprint density at radius 2 is 1.71 bits per heavy atom. The summed E-state index contributed by atoms with van der Waals surface area (Å²) in [6.45, 7) is 0. The molecule has 6 nitrogen and oxygen atoms in total. The van der Waals surface area contributed by atoms with Gasteiger partial charge in [-0.1, -0.05) is 0 Å². The molecule has 2 aromatic heterocycles. The number of rotatable bonds is 4. The second kappa shape index (κ2) is 5.32. The van der Waals surface area contributed by atoms with Crippen molar-refractivity contribution in [2.24, 2.45) is 0 Å². The molecule has 6 heteroatoms. The Labute approximate surface area is 121 Å². The molecule has 0 radical (unpaired) electrons. The Bertz CT molecular complexity index is 783. The number of fused-ring (bicyclic) bond motifs is 1. The van der Waals surface area contributed by atoms with Gasteiger partial charge in [0.2, 0.25) is 11.8 Å². The normalized spacial score (nSPS) is 10.6. The molecule has 0 amide bonds. The Kier molecular flexibility index (Phi) is 3.35. The molecule has 0 aliphatic rings. The van der Waals surface area contributed by atoms with E-state index in [9.17, 15) is 0 Å². The summed E-state index contributed by atoms with van der Waals surface area (Å²) in [6, 6.07) is 7.52. The molecule has 0 aliphatic heterocycles. The summed E-state index contributed by atoms with van der Waals surface area (Å²) < 4.78 is 15.8. The molecule has 0 spiro atoms. The van der Waals surface area contributed by atoms with Crippen molar-refractivity contribution in [3.63, 3.8) is 0 Å². The zero-order valence-corrected chi connectivity index (χ0v) is 12.0. The van der Waals surface area contributed by atoms with E-state index in [0.29, 0.717) is 11.8 Å². The molecule has 2 heterocycles. The first kappa shape index (κ1) is 13.2. The van der Waals surface area contributed by atoms with Crippen molar-refractivity contribution in [1.29, 1.82) is 0 Å². The number of hydrogen-bond acceptors (Lipinski definition) is 5. The molecule has 1 aromatic carbocycles. The summed E-state index contributed by atoms with van der Waals surface area (Å²) in [5, 5.41) is 0. The van der Waals surface area contributed by atoms with Gasteiger partial charge in [0.1, 0.15) is 16.8 Å². The number of methoxy groups -OCH3 is 3. The number of ether oxygens (including phenoxy) is 3. The fourth-order valence-electron chi connectivity index (χ4n) is 2.29. The van der Waals surface area contributed by atoms with Crippen LogP contribution in [0.3, 0.4) is 0 Å². The molecule has 3 rings (SSSR count). The summed E-state index contributed by atoms with van der Waals surface area (Å²) in [4.78, 5) is 11.8. The predicted octanol–water partition coefficient (Wildman–Crippen LogP) is 2.65. The quantitative estimate of drug-likeness (QED) is 0.798. The number of aromatic nitrogens is 3. The van der Waals surface area contributed by atoms with E-state index in [1.807, 2.05) is 18.2 Å². The number of hydrogen-bond donors (Lipinski definition) is 1. The Morgan fingerprint density at radius 1 is 0.905 bits per heavy atom. The minimum Gasteiger partial charge on any atom is -0.494 e. The van der Waals surface area contributed by atoms with Crippen molar-refractivity contribution < 1.29 is 14.2 Å². The van der Waals surface area contributed by atoms with Crippen molar-refractivity contribution in [2.45, 2.75) is 0 Å². The first-order valence-corrected chi connectivity index (χ1v) is 6.38. The smallest absolute Gasteiger partial charge is 0.224 e. The van der Waals surface area contributed by atoms with E-state index in [1.165, 1.54) is 0 Å². The van der Waals surface area contributed by atoms with Crippen LogP contribution in [0.4, 0.5) is 0 Å². The van der Waals surface area contributed by atoms with E-state index in [4.69, 9.17) is 14.2 Å². The zero-order valence-electron chi connectivity index (χ0n) is 12.0. The lowest BCUT2D eigenvalue weighted by atomic mass is 10.0. The maximum atomic E-state index is 5.36. The maximum Gasteiger partial charge on any atom is 0.224 e. The molecule has 0 atom stereocenters. The summed E-state index contributed by atoms with van der Waals surface area (Å²) in [5.74, 6) is 1.73. The van der Waals surface area contributed by atoms with Crippen molar-refractivity contribution in [3.05, 3.63) is 30.6 Å². The van der Waals surface area contributed by atoms with Gasteiger partial charge in [-0.15, -0.1) is 0 Å². The van der Waals surface area contributed by atoms with Crippen LogP contribution in [0, 0.1) is 0 Å². The van der Waals surface area contributed by atoms with Crippen LogP contribution < -0.4 is 14.2 Å². The summed E-state index contributed by atoms with van der Waals surface area (Å²) in [6.07, 6.45) is 1.64. The van der Waals surface area contributed by atoms with Gasteiger partial charge < -0.3 is 19.2 Å². The minimum atomic E-state index is 0.490. The summed E-state index contributed by atoms with van der Waals surface area (Å²) >= 11 is 0. The van der Waals surface area contributed by atoms with Crippen LogP contribution in [0.15, 0.2) is 30.6 Å². The maximum absolute atomic E-state index is 5.36. The fourth-order valence-corrected chi connectivity index (χ4v) is 2.29. The average molecular weight is 285 g/mol. The number of nitrogens with one attached hydrogen (secondary N) is 1. The highest BCUT2D eigenvalue weighted by molar-refractivity contribution is 5.96. The second-order valence-corrected chi connectivity index (χ2v) is 4.35. The predicted molar refractivity (Wildman–Crippen MR) is 79.0 cm³/mol. The van der Waals surface area contributed by atoms with Gasteiger partial charge in [0.15, 0.2) is 0 Å². The third-order valence-corrected chi connectivity index (χ3v) is 3.29. The summed E-state index contributed by atoms with van der Waals surface area (Å²) in [7, 11) is 4.78. The third kappa shape index (κ3) is 2.14. The van der Waals surface area contributed by atoms with E-state index in [1.54, 1.807) is 33.7 Å². The molecular weight excluding hydrogens is 270 g/mol. The fraction of sp³-hybridized carbons (Fsp3) is 0.200. The SMILES string of the molecule is COc1ccc(-c2ccc(OC)c3[nH]cnc23)c(OC)n1. The van der Waals surface area contributed by atoms with E-state index in [-0.39, 0.29) is 0 Å². The first-order chi connectivity index (χ1) is 10.3. The van der Waals surface area contributed by atoms with Gasteiger partial charge in [0.05, 0.1) is 27.7 Å². The Hall–Kier alpha value is -2.76. The molecule has 0 saturated heterocycles. The first-order valence-electron chi connectivity index (χ1n) is 6.38. The zero-order chi connectivity index (χ0) is 14.8. The summed E-state index contributed by atoms with van der Waals surface area (Å²) in [5.41, 5.74) is 3.41. The number of nitrogens with zero attached hydrogens (tertiary/aromatic N) is 2. The highest BCUT2D eigenvalue weighted by Gasteiger charge is 2.15. The van der Waals surface area contributed by atoms with Gasteiger partial charge in [0.25, 0.3) is 0 Å². The number of imidazole rings is 1. The van der Waals surface area contributed by atoms with Crippen LogP contribution >= 0.6 is 0 Å². The third-order valence-electron chi connectivity index (χ3n) is 3.29. The molecule has 0 unspecified atom stereocenters. The van der Waals surface area contributed by atoms with Crippen molar-refractivity contribution >= 4 is 11.0 Å².